The minimum Gasteiger partial charge on any atom is -0.358 e. The zero-order valence-electron chi connectivity index (χ0n) is 10.6. The van der Waals surface area contributed by atoms with Crippen molar-refractivity contribution in [3.8, 4) is 0 Å². The molecule has 0 saturated carbocycles. The molecule has 1 heterocycles. The number of hydrogen-bond acceptors (Lipinski definition) is 6. The van der Waals surface area contributed by atoms with Crippen molar-refractivity contribution in [1.82, 2.24) is 15.5 Å². The molecule has 19 heavy (non-hydrogen) atoms. The summed E-state index contributed by atoms with van der Waals surface area (Å²) >= 11 is 2.82. The smallest absolute Gasteiger partial charge is 0.230 e. The molecule has 100 valence electrons. The Hall–Kier alpha value is -1.60. The first-order chi connectivity index (χ1) is 9.19. The summed E-state index contributed by atoms with van der Waals surface area (Å²) in [6, 6.07) is 7.99. The first-order valence-corrected chi connectivity index (χ1v) is 7.49. The van der Waals surface area contributed by atoms with Crippen LogP contribution < -0.4 is 10.6 Å². The van der Waals surface area contributed by atoms with Gasteiger partial charge in [0.25, 0.3) is 0 Å². The summed E-state index contributed by atoms with van der Waals surface area (Å²) in [6.07, 6.45) is 0. The van der Waals surface area contributed by atoms with Crippen molar-refractivity contribution in [2.24, 2.45) is 0 Å². The van der Waals surface area contributed by atoms with Crippen molar-refractivity contribution >= 4 is 39.8 Å². The molecule has 5 nitrogen and oxygen atoms in total. The summed E-state index contributed by atoms with van der Waals surface area (Å²) < 4.78 is 0.777. The average molecular weight is 294 g/mol. The van der Waals surface area contributed by atoms with E-state index in [0.717, 1.165) is 20.7 Å². The van der Waals surface area contributed by atoms with E-state index in [4.69, 9.17) is 0 Å². The van der Waals surface area contributed by atoms with Gasteiger partial charge in [0.2, 0.25) is 11.0 Å². The van der Waals surface area contributed by atoms with Gasteiger partial charge in [0.15, 0.2) is 4.34 Å². The van der Waals surface area contributed by atoms with E-state index in [-0.39, 0.29) is 5.91 Å². The van der Waals surface area contributed by atoms with Crippen molar-refractivity contribution in [1.29, 1.82) is 0 Å². The Morgan fingerprint density at radius 2 is 2.16 bits per heavy atom. The van der Waals surface area contributed by atoms with E-state index in [0.29, 0.717) is 5.75 Å². The van der Waals surface area contributed by atoms with Crippen molar-refractivity contribution in [3.05, 3.63) is 29.8 Å². The summed E-state index contributed by atoms with van der Waals surface area (Å²) in [4.78, 5) is 11.1. The van der Waals surface area contributed by atoms with E-state index in [1.165, 1.54) is 23.1 Å². The Bertz CT molecular complexity index is 570. The average Bonchev–Trinajstić information content (AvgIpc) is 2.86. The number of nitrogens with one attached hydrogen (secondary N) is 2. The minimum absolute atomic E-state index is 0.0198. The predicted octanol–water partition coefficient (Wildman–Crippen LogP) is 2.43. The highest BCUT2D eigenvalue weighted by Crippen LogP contribution is 2.28. The number of anilines is 2. The van der Waals surface area contributed by atoms with Gasteiger partial charge in [0.05, 0.1) is 5.75 Å². The molecule has 0 aliphatic carbocycles. The molecule has 0 spiro atoms. The van der Waals surface area contributed by atoms with E-state index in [2.05, 4.69) is 20.8 Å². The summed E-state index contributed by atoms with van der Waals surface area (Å²) in [6.45, 7) is 2.03. The molecule has 0 aliphatic rings. The van der Waals surface area contributed by atoms with Gasteiger partial charge in [-0.15, -0.1) is 10.2 Å². The molecular weight excluding hydrogens is 280 g/mol. The molecule has 0 atom stereocenters. The summed E-state index contributed by atoms with van der Waals surface area (Å²) in [7, 11) is 1.62. The van der Waals surface area contributed by atoms with Crippen LogP contribution in [0.5, 0.6) is 0 Å². The molecular formula is C12H14N4OS2. The summed E-state index contributed by atoms with van der Waals surface area (Å²) in [5, 5.41) is 14.6. The van der Waals surface area contributed by atoms with Crippen molar-refractivity contribution in [2.45, 2.75) is 11.3 Å². The highest BCUT2D eigenvalue weighted by atomic mass is 32.2. The number of nitrogens with zero attached hydrogens (tertiary/aromatic N) is 2. The van der Waals surface area contributed by atoms with Crippen LogP contribution in [0.25, 0.3) is 0 Å². The van der Waals surface area contributed by atoms with E-state index < -0.39 is 0 Å². The molecule has 0 radical (unpaired) electrons. The number of aromatic nitrogens is 2. The van der Waals surface area contributed by atoms with E-state index in [1.54, 1.807) is 7.05 Å². The third-order valence-electron chi connectivity index (χ3n) is 2.40. The molecule has 0 bridgehead atoms. The molecule has 1 aromatic heterocycles. The number of carbonyl (C=O) groups excluding carboxylic acids is 1. The first-order valence-electron chi connectivity index (χ1n) is 5.68. The SMILES string of the molecule is CNC(=O)CSc1nnc(Nc2ccccc2C)s1. The minimum atomic E-state index is -0.0198. The normalized spacial score (nSPS) is 10.2. The Morgan fingerprint density at radius 1 is 1.37 bits per heavy atom. The molecule has 0 saturated heterocycles. The van der Waals surface area contributed by atoms with E-state index in [9.17, 15) is 4.79 Å². The van der Waals surface area contributed by atoms with Gasteiger partial charge >= 0.3 is 0 Å². The molecule has 0 unspecified atom stereocenters. The van der Waals surface area contributed by atoms with Gasteiger partial charge in [-0.1, -0.05) is 41.3 Å². The van der Waals surface area contributed by atoms with Gasteiger partial charge in [-0.2, -0.15) is 0 Å². The van der Waals surface area contributed by atoms with Crippen LogP contribution in [0.3, 0.4) is 0 Å². The molecule has 1 amide bonds. The second-order valence-corrected chi connectivity index (χ2v) is 5.97. The molecule has 2 N–H and O–H groups in total. The van der Waals surface area contributed by atoms with Crippen LogP contribution in [0, 0.1) is 6.92 Å². The zero-order valence-corrected chi connectivity index (χ0v) is 12.3. The fourth-order valence-corrected chi connectivity index (χ4v) is 2.98. The quantitative estimate of drug-likeness (QED) is 0.829. The zero-order chi connectivity index (χ0) is 13.7. The Labute approximate surface area is 119 Å². The van der Waals surface area contributed by atoms with Crippen LogP contribution in [0.2, 0.25) is 0 Å². The number of benzene rings is 1. The molecule has 7 heteroatoms. The number of rotatable bonds is 5. The third kappa shape index (κ3) is 3.93. The number of thioether (sulfide) groups is 1. The van der Waals surface area contributed by atoms with E-state index >= 15 is 0 Å². The maximum Gasteiger partial charge on any atom is 0.230 e. The summed E-state index contributed by atoms with van der Waals surface area (Å²) in [5.74, 6) is 0.337. The fraction of sp³-hybridized carbons (Fsp3) is 0.250. The van der Waals surface area contributed by atoms with Crippen LogP contribution >= 0.6 is 23.1 Å². The molecule has 0 aliphatic heterocycles. The van der Waals surface area contributed by atoms with Crippen LogP contribution in [0.4, 0.5) is 10.8 Å². The number of para-hydroxylation sites is 1. The van der Waals surface area contributed by atoms with Gasteiger partial charge in [-0.25, -0.2) is 0 Å². The molecule has 1 aromatic carbocycles. The number of aryl methyl sites for hydroxylation is 1. The Balaban J connectivity index is 1.98. The van der Waals surface area contributed by atoms with Crippen LogP contribution in [-0.2, 0) is 4.79 Å². The monoisotopic (exact) mass is 294 g/mol. The van der Waals surface area contributed by atoms with Crippen LogP contribution in [-0.4, -0.2) is 28.9 Å². The number of hydrogen-bond donors (Lipinski definition) is 2. The maximum atomic E-state index is 11.1. The first kappa shape index (κ1) is 13.8. The number of carbonyl (C=O) groups is 1. The lowest BCUT2D eigenvalue weighted by Gasteiger charge is -2.04. The number of amides is 1. The van der Waals surface area contributed by atoms with Crippen LogP contribution in [0.15, 0.2) is 28.6 Å². The molecule has 2 rings (SSSR count). The lowest BCUT2D eigenvalue weighted by atomic mass is 10.2. The predicted molar refractivity (Wildman–Crippen MR) is 79.2 cm³/mol. The van der Waals surface area contributed by atoms with Crippen molar-refractivity contribution in [3.63, 3.8) is 0 Å². The molecule has 0 fully saturated rings. The largest absolute Gasteiger partial charge is 0.358 e. The van der Waals surface area contributed by atoms with Gasteiger partial charge in [0.1, 0.15) is 0 Å². The van der Waals surface area contributed by atoms with E-state index in [1.807, 2.05) is 31.2 Å². The lowest BCUT2D eigenvalue weighted by molar-refractivity contribution is -0.118. The maximum absolute atomic E-state index is 11.1. The van der Waals surface area contributed by atoms with Gasteiger partial charge < -0.3 is 10.6 Å². The van der Waals surface area contributed by atoms with Crippen molar-refractivity contribution in [2.75, 3.05) is 18.1 Å². The lowest BCUT2D eigenvalue weighted by Crippen LogP contribution is -2.19. The van der Waals surface area contributed by atoms with Crippen LogP contribution in [0.1, 0.15) is 5.56 Å². The Kier molecular flexibility index (Phi) is 4.75. The fourth-order valence-electron chi connectivity index (χ4n) is 1.35. The van der Waals surface area contributed by atoms with Gasteiger partial charge in [-0.05, 0) is 18.6 Å². The second-order valence-electron chi connectivity index (χ2n) is 3.77. The van der Waals surface area contributed by atoms with Gasteiger partial charge in [0, 0.05) is 12.7 Å². The Morgan fingerprint density at radius 3 is 2.89 bits per heavy atom. The molecule has 2 aromatic rings. The standard InChI is InChI=1S/C12H14N4OS2/c1-8-5-3-4-6-9(8)14-11-15-16-12(19-11)18-7-10(17)13-2/h3-6H,7H2,1-2H3,(H,13,17)(H,14,15). The van der Waals surface area contributed by atoms with Crippen molar-refractivity contribution < 1.29 is 4.79 Å². The third-order valence-corrected chi connectivity index (χ3v) is 4.37. The summed E-state index contributed by atoms with van der Waals surface area (Å²) in [5.41, 5.74) is 2.17. The topological polar surface area (TPSA) is 66.9 Å². The highest BCUT2D eigenvalue weighted by molar-refractivity contribution is 8.01. The van der Waals surface area contributed by atoms with Gasteiger partial charge in [-0.3, -0.25) is 4.79 Å². The highest BCUT2D eigenvalue weighted by Gasteiger charge is 2.08. The second kappa shape index (κ2) is 6.53.